The lowest BCUT2D eigenvalue weighted by atomic mass is 9.94. The molecule has 5 heteroatoms. The van der Waals surface area contributed by atoms with Crippen LogP contribution in [0, 0.1) is 0 Å². The summed E-state index contributed by atoms with van der Waals surface area (Å²) < 4.78 is 0. The van der Waals surface area contributed by atoms with Gasteiger partial charge in [-0.2, -0.15) is 0 Å². The highest BCUT2D eigenvalue weighted by Crippen LogP contribution is 2.19. The van der Waals surface area contributed by atoms with Gasteiger partial charge in [-0.25, -0.2) is 0 Å². The average Bonchev–Trinajstić information content (AvgIpc) is 2.23. The third-order valence-electron chi connectivity index (χ3n) is 3.01. The average molecular weight is 219 g/mol. The van der Waals surface area contributed by atoms with Crippen LogP contribution in [0.25, 0.3) is 0 Å². The highest BCUT2D eigenvalue weighted by molar-refractivity contribution is 4.93. The molecular weight excluding hydrogens is 198 g/mol. The molecule has 0 aromatic carbocycles. The first-order valence-electron chi connectivity index (χ1n) is 5.51. The van der Waals surface area contributed by atoms with E-state index in [0.717, 1.165) is 19.4 Å². The monoisotopic (exact) mass is 219 g/mol. The van der Waals surface area contributed by atoms with Gasteiger partial charge >= 0.3 is 0 Å². The van der Waals surface area contributed by atoms with Crippen LogP contribution in [0.2, 0.25) is 0 Å². The molecule has 0 bridgehead atoms. The van der Waals surface area contributed by atoms with E-state index >= 15 is 0 Å². The Bertz CT molecular complexity index is 190. The normalized spacial score (nSPS) is 38.2. The summed E-state index contributed by atoms with van der Waals surface area (Å²) in [5, 5.41) is 37.8. The predicted octanol–water partition coefficient (Wildman–Crippen LogP) is -1.45. The lowest BCUT2D eigenvalue weighted by Crippen LogP contribution is -2.62. The molecule has 90 valence electrons. The van der Waals surface area contributed by atoms with Crippen LogP contribution in [0.3, 0.4) is 0 Å². The maximum atomic E-state index is 9.67. The van der Waals surface area contributed by atoms with Gasteiger partial charge in [-0.15, -0.1) is 0 Å². The van der Waals surface area contributed by atoms with Gasteiger partial charge in [0.1, 0.15) is 12.2 Å². The van der Waals surface area contributed by atoms with E-state index in [9.17, 15) is 15.3 Å². The number of hydrogen-bond donors (Lipinski definition) is 4. The number of hydrogen-bond acceptors (Lipinski definition) is 5. The molecule has 1 fully saturated rings. The van der Waals surface area contributed by atoms with E-state index < -0.39 is 24.4 Å². The van der Waals surface area contributed by atoms with Gasteiger partial charge in [0.15, 0.2) is 0 Å². The SMILES string of the molecule is CCCCN1C[C@H](O)[C@H](O)[C@H](O)C1CO. The van der Waals surface area contributed by atoms with E-state index in [1.54, 1.807) is 0 Å². The topological polar surface area (TPSA) is 84.2 Å². The Hall–Kier alpha value is -0.200. The highest BCUT2D eigenvalue weighted by Gasteiger charge is 2.40. The number of nitrogens with zero attached hydrogens (tertiary/aromatic N) is 1. The lowest BCUT2D eigenvalue weighted by molar-refractivity contribution is -0.145. The minimum Gasteiger partial charge on any atom is -0.395 e. The minimum atomic E-state index is -1.15. The molecule has 1 saturated heterocycles. The second-order valence-electron chi connectivity index (χ2n) is 4.15. The molecular formula is C10H21NO4. The summed E-state index contributed by atoms with van der Waals surface area (Å²) in [4.78, 5) is 1.84. The fourth-order valence-corrected chi connectivity index (χ4v) is 2.00. The van der Waals surface area contributed by atoms with Crippen LogP contribution in [0.15, 0.2) is 0 Å². The Morgan fingerprint density at radius 2 is 1.87 bits per heavy atom. The quantitative estimate of drug-likeness (QED) is 0.465. The zero-order valence-electron chi connectivity index (χ0n) is 9.08. The molecule has 15 heavy (non-hydrogen) atoms. The van der Waals surface area contributed by atoms with Crippen LogP contribution in [0.4, 0.5) is 0 Å². The largest absolute Gasteiger partial charge is 0.395 e. The van der Waals surface area contributed by atoms with Crippen molar-refractivity contribution in [1.29, 1.82) is 0 Å². The molecule has 0 aromatic rings. The van der Waals surface area contributed by atoms with Crippen molar-refractivity contribution in [3.05, 3.63) is 0 Å². The second kappa shape index (κ2) is 5.77. The molecule has 1 heterocycles. The fraction of sp³-hybridized carbons (Fsp3) is 1.00. The summed E-state index contributed by atoms with van der Waals surface area (Å²) in [6.45, 7) is 2.89. The number of β-amino-alcohol motifs (C(OH)–C–C–N with tert-alkyl or cyclic N) is 1. The first kappa shape index (κ1) is 12.9. The van der Waals surface area contributed by atoms with E-state index in [1.807, 2.05) is 4.90 Å². The number of likely N-dealkylation sites (tertiary alicyclic amines) is 1. The van der Waals surface area contributed by atoms with Crippen LogP contribution in [-0.4, -0.2) is 69.4 Å². The zero-order chi connectivity index (χ0) is 11.4. The molecule has 4 N–H and O–H groups in total. The lowest BCUT2D eigenvalue weighted by Gasteiger charge is -2.43. The van der Waals surface area contributed by atoms with Crippen LogP contribution in [-0.2, 0) is 0 Å². The molecule has 0 aromatic heterocycles. The smallest absolute Gasteiger partial charge is 0.109 e. The Morgan fingerprint density at radius 3 is 2.40 bits per heavy atom. The van der Waals surface area contributed by atoms with E-state index in [0.29, 0.717) is 6.54 Å². The summed E-state index contributed by atoms with van der Waals surface area (Å²) in [5.74, 6) is 0. The van der Waals surface area contributed by atoms with Crippen LogP contribution in [0.5, 0.6) is 0 Å². The third-order valence-corrected chi connectivity index (χ3v) is 3.01. The third kappa shape index (κ3) is 2.89. The maximum Gasteiger partial charge on any atom is 0.109 e. The summed E-state index contributed by atoms with van der Waals surface area (Å²) in [7, 11) is 0. The number of unbranched alkanes of at least 4 members (excludes halogenated alkanes) is 1. The summed E-state index contributed by atoms with van der Waals surface area (Å²) in [6.07, 6.45) is -1.19. The summed E-state index contributed by atoms with van der Waals surface area (Å²) in [6, 6.07) is -0.463. The summed E-state index contributed by atoms with van der Waals surface area (Å²) >= 11 is 0. The van der Waals surface area contributed by atoms with Gasteiger partial charge in [0.25, 0.3) is 0 Å². The van der Waals surface area contributed by atoms with Crippen LogP contribution >= 0.6 is 0 Å². The molecule has 0 spiro atoms. The molecule has 1 unspecified atom stereocenters. The number of rotatable bonds is 4. The number of aliphatic hydroxyl groups is 4. The van der Waals surface area contributed by atoms with Gasteiger partial charge in [-0.1, -0.05) is 13.3 Å². The summed E-state index contributed by atoms with van der Waals surface area (Å²) in [5.41, 5.74) is 0. The van der Waals surface area contributed by atoms with Crippen molar-refractivity contribution in [3.63, 3.8) is 0 Å². The fourth-order valence-electron chi connectivity index (χ4n) is 2.00. The molecule has 0 amide bonds. The van der Waals surface area contributed by atoms with Crippen molar-refractivity contribution >= 4 is 0 Å². The maximum absolute atomic E-state index is 9.67. The van der Waals surface area contributed by atoms with Crippen LogP contribution < -0.4 is 0 Å². The van der Waals surface area contributed by atoms with E-state index in [1.165, 1.54) is 0 Å². The Kier molecular flexibility index (Phi) is 4.95. The van der Waals surface area contributed by atoms with Gasteiger partial charge < -0.3 is 20.4 Å². The Labute approximate surface area is 90.0 Å². The predicted molar refractivity (Wildman–Crippen MR) is 55.4 cm³/mol. The molecule has 5 nitrogen and oxygen atoms in total. The van der Waals surface area contributed by atoms with Gasteiger partial charge in [0.05, 0.1) is 18.8 Å². The van der Waals surface area contributed by atoms with Crippen molar-refractivity contribution in [2.75, 3.05) is 19.7 Å². The molecule has 1 aliphatic rings. The van der Waals surface area contributed by atoms with E-state index in [4.69, 9.17) is 5.11 Å². The highest BCUT2D eigenvalue weighted by atomic mass is 16.4. The molecule has 4 atom stereocenters. The number of piperidine rings is 1. The standard InChI is InChI=1S/C10H21NO4/c1-2-3-4-11-5-8(13)10(15)9(14)7(11)6-12/h7-10,12-15H,2-6H2,1H3/t7?,8-,9+,10-/m0/s1. The Balaban J connectivity index is 2.60. The Morgan fingerprint density at radius 1 is 1.20 bits per heavy atom. The van der Waals surface area contributed by atoms with Gasteiger partial charge in [0, 0.05) is 6.54 Å². The molecule has 1 aliphatic heterocycles. The molecule has 0 radical (unpaired) electrons. The van der Waals surface area contributed by atoms with Gasteiger partial charge in [0.2, 0.25) is 0 Å². The van der Waals surface area contributed by atoms with Crippen molar-refractivity contribution < 1.29 is 20.4 Å². The first-order valence-corrected chi connectivity index (χ1v) is 5.51. The molecule has 1 rings (SSSR count). The second-order valence-corrected chi connectivity index (χ2v) is 4.15. The van der Waals surface area contributed by atoms with E-state index in [2.05, 4.69) is 6.92 Å². The molecule has 0 aliphatic carbocycles. The van der Waals surface area contributed by atoms with E-state index in [-0.39, 0.29) is 6.61 Å². The van der Waals surface area contributed by atoms with Crippen molar-refractivity contribution in [1.82, 2.24) is 4.90 Å². The van der Waals surface area contributed by atoms with Crippen LogP contribution in [0.1, 0.15) is 19.8 Å². The van der Waals surface area contributed by atoms with Gasteiger partial charge in [-0.3, -0.25) is 4.90 Å². The number of aliphatic hydroxyl groups excluding tert-OH is 4. The van der Waals surface area contributed by atoms with Crippen molar-refractivity contribution in [3.8, 4) is 0 Å². The molecule has 0 saturated carbocycles. The zero-order valence-corrected chi connectivity index (χ0v) is 9.08. The van der Waals surface area contributed by atoms with Crippen molar-refractivity contribution in [2.24, 2.45) is 0 Å². The first-order chi connectivity index (χ1) is 7.11. The van der Waals surface area contributed by atoms with Gasteiger partial charge in [-0.05, 0) is 13.0 Å². The minimum absolute atomic E-state index is 0.200. The van der Waals surface area contributed by atoms with Crippen molar-refractivity contribution in [2.45, 2.75) is 44.1 Å².